The number of rotatable bonds is 7. The average Bonchev–Trinajstić information content (AvgIpc) is 2.69. The van der Waals surface area contributed by atoms with E-state index >= 15 is 0 Å². The summed E-state index contributed by atoms with van der Waals surface area (Å²) in [6.07, 6.45) is 0. The van der Waals surface area contributed by atoms with Gasteiger partial charge in [-0.15, -0.1) is 11.8 Å². The number of nitro groups is 1. The lowest BCUT2D eigenvalue weighted by Crippen LogP contribution is -2.19. The summed E-state index contributed by atoms with van der Waals surface area (Å²) >= 11 is 1.17. The standard InChI is InChI=1S/C21H19N3O4S/c1-14-17(9-5-11-19(14)24(27)28)22-20(25)12-29-13-21(26)23-18-10-4-7-15-6-2-3-8-16(15)18/h2-11H,12-13H2,1H3,(H,22,25)(H,23,26). The van der Waals surface area contributed by atoms with Crippen LogP contribution >= 0.6 is 11.8 Å². The second-order valence-corrected chi connectivity index (χ2v) is 7.31. The molecule has 0 aliphatic rings. The quantitative estimate of drug-likeness (QED) is 0.446. The van der Waals surface area contributed by atoms with Gasteiger partial charge < -0.3 is 10.6 Å². The smallest absolute Gasteiger partial charge is 0.274 e. The number of nitro benzene ring substituents is 1. The van der Waals surface area contributed by atoms with Crippen LogP contribution in [-0.4, -0.2) is 28.2 Å². The van der Waals surface area contributed by atoms with Gasteiger partial charge in [0.15, 0.2) is 0 Å². The van der Waals surface area contributed by atoms with Gasteiger partial charge in [0.2, 0.25) is 11.8 Å². The van der Waals surface area contributed by atoms with Crippen molar-refractivity contribution in [2.24, 2.45) is 0 Å². The van der Waals surface area contributed by atoms with Crippen molar-refractivity contribution >= 4 is 51.4 Å². The molecular formula is C21H19N3O4S. The first-order chi connectivity index (χ1) is 14.0. The van der Waals surface area contributed by atoms with Gasteiger partial charge in [-0.2, -0.15) is 0 Å². The molecule has 0 aromatic heterocycles. The van der Waals surface area contributed by atoms with Gasteiger partial charge in [0, 0.05) is 17.1 Å². The lowest BCUT2D eigenvalue weighted by atomic mass is 10.1. The van der Waals surface area contributed by atoms with Gasteiger partial charge in [-0.1, -0.05) is 42.5 Å². The molecule has 7 nitrogen and oxygen atoms in total. The first kappa shape index (κ1) is 20.3. The highest BCUT2D eigenvalue weighted by atomic mass is 32.2. The molecule has 0 aliphatic heterocycles. The van der Waals surface area contributed by atoms with Crippen LogP contribution in [0.1, 0.15) is 5.56 Å². The van der Waals surface area contributed by atoms with Crippen LogP contribution in [0.15, 0.2) is 60.7 Å². The monoisotopic (exact) mass is 409 g/mol. The molecule has 29 heavy (non-hydrogen) atoms. The third-order valence-corrected chi connectivity index (χ3v) is 5.24. The minimum absolute atomic E-state index is 0.0510. The summed E-state index contributed by atoms with van der Waals surface area (Å²) in [4.78, 5) is 34.9. The van der Waals surface area contributed by atoms with E-state index in [2.05, 4.69) is 10.6 Å². The van der Waals surface area contributed by atoms with Crippen LogP contribution in [0.3, 0.4) is 0 Å². The number of hydrogen-bond acceptors (Lipinski definition) is 5. The Labute approximate surface area is 171 Å². The Morgan fingerprint density at radius 3 is 2.21 bits per heavy atom. The number of amides is 2. The normalized spacial score (nSPS) is 10.5. The summed E-state index contributed by atoms with van der Waals surface area (Å²) in [6, 6.07) is 18.0. The van der Waals surface area contributed by atoms with Crippen LogP contribution in [0.25, 0.3) is 10.8 Å². The number of carbonyl (C=O) groups excluding carboxylic acids is 2. The molecule has 3 rings (SSSR count). The molecule has 0 radical (unpaired) electrons. The van der Waals surface area contributed by atoms with Crippen LogP contribution < -0.4 is 10.6 Å². The van der Waals surface area contributed by atoms with Gasteiger partial charge in [-0.05, 0) is 24.4 Å². The molecule has 0 saturated carbocycles. The average molecular weight is 409 g/mol. The number of hydrogen-bond donors (Lipinski definition) is 2. The maximum Gasteiger partial charge on any atom is 0.274 e. The Morgan fingerprint density at radius 2 is 1.48 bits per heavy atom. The van der Waals surface area contributed by atoms with Crippen LogP contribution in [0.5, 0.6) is 0 Å². The molecule has 3 aromatic rings. The van der Waals surface area contributed by atoms with Gasteiger partial charge in [0.05, 0.1) is 27.7 Å². The second-order valence-electron chi connectivity index (χ2n) is 6.32. The topological polar surface area (TPSA) is 101 Å². The van der Waals surface area contributed by atoms with Crippen molar-refractivity contribution in [2.45, 2.75) is 6.92 Å². The van der Waals surface area contributed by atoms with Crippen molar-refractivity contribution in [3.8, 4) is 0 Å². The fourth-order valence-corrected chi connectivity index (χ4v) is 3.52. The van der Waals surface area contributed by atoms with Gasteiger partial charge in [0.1, 0.15) is 0 Å². The highest BCUT2D eigenvalue weighted by Gasteiger charge is 2.15. The molecule has 0 unspecified atom stereocenters. The highest BCUT2D eigenvalue weighted by Crippen LogP contribution is 2.25. The third-order valence-electron chi connectivity index (χ3n) is 4.31. The summed E-state index contributed by atoms with van der Waals surface area (Å²) in [5, 5.41) is 18.5. The number of nitrogens with one attached hydrogen (secondary N) is 2. The molecule has 148 valence electrons. The van der Waals surface area contributed by atoms with Crippen molar-refractivity contribution < 1.29 is 14.5 Å². The number of carbonyl (C=O) groups is 2. The number of nitrogens with zero attached hydrogens (tertiary/aromatic N) is 1. The fourth-order valence-electron chi connectivity index (χ4n) is 2.90. The molecule has 0 aliphatic carbocycles. The minimum Gasteiger partial charge on any atom is -0.325 e. The molecular weight excluding hydrogens is 390 g/mol. The summed E-state index contributed by atoms with van der Waals surface area (Å²) < 4.78 is 0. The summed E-state index contributed by atoms with van der Waals surface area (Å²) in [7, 11) is 0. The Kier molecular flexibility index (Phi) is 6.46. The zero-order chi connectivity index (χ0) is 20.8. The Balaban J connectivity index is 1.52. The maximum absolute atomic E-state index is 12.2. The number of fused-ring (bicyclic) bond motifs is 1. The predicted octanol–water partition coefficient (Wildman–Crippen LogP) is 4.37. The molecule has 0 fully saturated rings. The van der Waals surface area contributed by atoms with Gasteiger partial charge in [0.25, 0.3) is 5.69 Å². The predicted molar refractivity (Wildman–Crippen MR) is 116 cm³/mol. The van der Waals surface area contributed by atoms with E-state index in [0.29, 0.717) is 11.3 Å². The van der Waals surface area contributed by atoms with Gasteiger partial charge >= 0.3 is 0 Å². The molecule has 8 heteroatoms. The zero-order valence-corrected chi connectivity index (χ0v) is 16.5. The van der Waals surface area contributed by atoms with Crippen molar-refractivity contribution in [1.82, 2.24) is 0 Å². The van der Waals surface area contributed by atoms with E-state index in [1.807, 2.05) is 42.5 Å². The third kappa shape index (κ3) is 5.11. The van der Waals surface area contributed by atoms with Crippen molar-refractivity contribution in [1.29, 1.82) is 0 Å². The van der Waals surface area contributed by atoms with Crippen LogP contribution in [0.4, 0.5) is 17.1 Å². The molecule has 2 N–H and O–H groups in total. The Bertz CT molecular complexity index is 1080. The van der Waals surface area contributed by atoms with Crippen LogP contribution in [-0.2, 0) is 9.59 Å². The molecule has 2 amide bonds. The lowest BCUT2D eigenvalue weighted by molar-refractivity contribution is -0.385. The van der Waals surface area contributed by atoms with Crippen LogP contribution in [0, 0.1) is 17.0 Å². The largest absolute Gasteiger partial charge is 0.325 e. The zero-order valence-electron chi connectivity index (χ0n) is 15.7. The molecule has 0 atom stereocenters. The summed E-state index contributed by atoms with van der Waals surface area (Å²) in [6.45, 7) is 1.58. The number of anilines is 2. The maximum atomic E-state index is 12.2. The lowest BCUT2D eigenvalue weighted by Gasteiger charge is -2.10. The van der Waals surface area contributed by atoms with E-state index in [1.54, 1.807) is 13.0 Å². The van der Waals surface area contributed by atoms with Crippen molar-refractivity contribution in [3.05, 3.63) is 76.3 Å². The van der Waals surface area contributed by atoms with E-state index in [0.717, 1.165) is 16.5 Å². The first-order valence-electron chi connectivity index (χ1n) is 8.85. The van der Waals surface area contributed by atoms with E-state index in [9.17, 15) is 19.7 Å². The van der Waals surface area contributed by atoms with E-state index in [4.69, 9.17) is 0 Å². The Morgan fingerprint density at radius 1 is 0.897 bits per heavy atom. The van der Waals surface area contributed by atoms with E-state index < -0.39 is 4.92 Å². The van der Waals surface area contributed by atoms with Crippen molar-refractivity contribution in [3.63, 3.8) is 0 Å². The minimum atomic E-state index is -0.489. The second kappa shape index (κ2) is 9.20. The molecule has 0 saturated heterocycles. The van der Waals surface area contributed by atoms with Crippen molar-refractivity contribution in [2.75, 3.05) is 22.1 Å². The van der Waals surface area contributed by atoms with E-state index in [-0.39, 0.29) is 29.0 Å². The fraction of sp³-hybridized carbons (Fsp3) is 0.143. The summed E-state index contributed by atoms with van der Waals surface area (Å²) in [5.74, 6) is -0.349. The molecule has 0 heterocycles. The van der Waals surface area contributed by atoms with Crippen LogP contribution in [0.2, 0.25) is 0 Å². The van der Waals surface area contributed by atoms with Gasteiger partial charge in [-0.3, -0.25) is 19.7 Å². The van der Waals surface area contributed by atoms with E-state index in [1.165, 1.54) is 23.9 Å². The first-order valence-corrected chi connectivity index (χ1v) is 10.0. The highest BCUT2D eigenvalue weighted by molar-refractivity contribution is 8.00. The molecule has 0 bridgehead atoms. The Hall–Kier alpha value is -3.39. The molecule has 3 aromatic carbocycles. The van der Waals surface area contributed by atoms with Gasteiger partial charge in [-0.25, -0.2) is 0 Å². The molecule has 0 spiro atoms. The summed E-state index contributed by atoms with van der Waals surface area (Å²) in [5.41, 5.74) is 1.46. The number of thioether (sulfide) groups is 1. The number of benzene rings is 3. The SMILES string of the molecule is Cc1c(NC(=O)CSCC(=O)Nc2cccc3ccccc23)cccc1[N+](=O)[O-].